The van der Waals surface area contributed by atoms with Gasteiger partial charge in [-0.1, -0.05) is 42.2 Å². The lowest BCUT2D eigenvalue weighted by atomic mass is 10.0. The van der Waals surface area contributed by atoms with Crippen molar-refractivity contribution in [2.75, 3.05) is 6.54 Å². The molecule has 0 aliphatic carbocycles. The molecule has 0 saturated carbocycles. The molecule has 1 heterocycles. The lowest BCUT2D eigenvalue weighted by molar-refractivity contribution is 0.368. The average molecular weight is 293 g/mol. The van der Waals surface area contributed by atoms with Crippen LogP contribution in [0.5, 0.6) is 0 Å². The van der Waals surface area contributed by atoms with Gasteiger partial charge in [0.2, 0.25) is 0 Å². The van der Waals surface area contributed by atoms with Gasteiger partial charge in [-0.05, 0) is 37.6 Å². The largest absolute Gasteiger partial charge is 0.359 e. The topological polar surface area (TPSA) is 38.1 Å². The van der Waals surface area contributed by atoms with Crippen molar-refractivity contribution in [1.82, 2.24) is 10.5 Å². The molecule has 2 aromatic rings. The van der Waals surface area contributed by atoms with Gasteiger partial charge >= 0.3 is 0 Å². The number of nitrogens with one attached hydrogen (secondary N) is 1. The van der Waals surface area contributed by atoms with Crippen molar-refractivity contribution in [2.45, 2.75) is 39.7 Å². The first kappa shape index (κ1) is 15.1. The number of unbranched alkanes of at least 4 members (excludes halogenated alkanes) is 1. The van der Waals surface area contributed by atoms with Gasteiger partial charge in [-0.2, -0.15) is 0 Å². The number of hydrogen-bond acceptors (Lipinski definition) is 3. The molecular weight excluding hydrogens is 272 g/mol. The van der Waals surface area contributed by atoms with E-state index in [0.29, 0.717) is 0 Å². The van der Waals surface area contributed by atoms with Crippen LogP contribution in [-0.2, 0) is 13.0 Å². The Hall–Kier alpha value is -1.32. The quantitative estimate of drug-likeness (QED) is 0.780. The van der Waals surface area contributed by atoms with E-state index in [1.807, 2.05) is 31.2 Å². The van der Waals surface area contributed by atoms with Gasteiger partial charge in [0.15, 0.2) is 5.76 Å². The van der Waals surface area contributed by atoms with E-state index in [1.165, 1.54) is 24.0 Å². The Bertz CT molecular complexity index is 534. The summed E-state index contributed by atoms with van der Waals surface area (Å²) in [5.41, 5.74) is 3.36. The van der Waals surface area contributed by atoms with Crippen LogP contribution in [0.2, 0.25) is 5.02 Å². The molecule has 0 fully saturated rings. The third-order valence-corrected chi connectivity index (χ3v) is 3.60. The van der Waals surface area contributed by atoms with Crippen LogP contribution in [0.25, 0.3) is 0 Å². The van der Waals surface area contributed by atoms with Crippen molar-refractivity contribution in [1.29, 1.82) is 0 Å². The Morgan fingerprint density at radius 1 is 1.25 bits per heavy atom. The van der Waals surface area contributed by atoms with Crippen LogP contribution >= 0.6 is 11.6 Å². The molecule has 0 bridgehead atoms. The van der Waals surface area contributed by atoms with Crippen molar-refractivity contribution < 1.29 is 4.52 Å². The van der Waals surface area contributed by atoms with Gasteiger partial charge in [-0.25, -0.2) is 0 Å². The Labute approximate surface area is 125 Å². The van der Waals surface area contributed by atoms with Crippen LogP contribution in [0.3, 0.4) is 0 Å². The van der Waals surface area contributed by atoms with Crippen molar-refractivity contribution in [3.05, 3.63) is 51.9 Å². The van der Waals surface area contributed by atoms with E-state index >= 15 is 0 Å². The number of rotatable bonds is 7. The number of hydrogen-bond donors (Lipinski definition) is 1. The predicted molar refractivity (Wildman–Crippen MR) is 82.1 cm³/mol. The molecule has 0 amide bonds. The summed E-state index contributed by atoms with van der Waals surface area (Å²) in [4.78, 5) is 0. The van der Waals surface area contributed by atoms with Crippen molar-refractivity contribution in [3.63, 3.8) is 0 Å². The third-order valence-electron chi connectivity index (χ3n) is 3.35. The molecule has 108 valence electrons. The SMILES string of the molecule is CCCCNCc1onc(C)c1Cc1ccc(Cl)cc1. The fourth-order valence-electron chi connectivity index (χ4n) is 2.11. The summed E-state index contributed by atoms with van der Waals surface area (Å²) in [7, 11) is 0. The Morgan fingerprint density at radius 3 is 2.70 bits per heavy atom. The molecule has 1 N–H and O–H groups in total. The fourth-order valence-corrected chi connectivity index (χ4v) is 2.24. The van der Waals surface area contributed by atoms with E-state index in [2.05, 4.69) is 17.4 Å². The van der Waals surface area contributed by atoms with Gasteiger partial charge in [0, 0.05) is 17.0 Å². The molecule has 0 spiro atoms. The zero-order valence-corrected chi connectivity index (χ0v) is 12.8. The standard InChI is InChI=1S/C16H21ClN2O/c1-3-4-9-18-11-16-15(12(2)19-20-16)10-13-5-7-14(17)8-6-13/h5-8,18H,3-4,9-11H2,1-2H3. The van der Waals surface area contributed by atoms with Gasteiger partial charge < -0.3 is 9.84 Å². The second-order valence-electron chi connectivity index (χ2n) is 5.00. The van der Waals surface area contributed by atoms with Crippen LogP contribution in [-0.4, -0.2) is 11.7 Å². The summed E-state index contributed by atoms with van der Waals surface area (Å²) in [5, 5.41) is 8.25. The van der Waals surface area contributed by atoms with Gasteiger partial charge in [-0.3, -0.25) is 0 Å². The lowest BCUT2D eigenvalue weighted by Gasteiger charge is -2.05. The molecule has 0 aliphatic rings. The third kappa shape index (κ3) is 4.09. The highest BCUT2D eigenvalue weighted by molar-refractivity contribution is 6.30. The monoisotopic (exact) mass is 292 g/mol. The highest BCUT2D eigenvalue weighted by Gasteiger charge is 2.13. The second kappa shape index (κ2) is 7.46. The molecule has 0 unspecified atom stereocenters. The van der Waals surface area contributed by atoms with Crippen molar-refractivity contribution in [2.24, 2.45) is 0 Å². The Balaban J connectivity index is 2.03. The normalized spacial score (nSPS) is 10.9. The van der Waals surface area contributed by atoms with Gasteiger partial charge in [0.25, 0.3) is 0 Å². The zero-order valence-electron chi connectivity index (χ0n) is 12.1. The lowest BCUT2D eigenvalue weighted by Crippen LogP contribution is -2.15. The number of aromatic nitrogens is 1. The maximum atomic E-state index is 5.91. The van der Waals surface area contributed by atoms with Crippen molar-refractivity contribution >= 4 is 11.6 Å². The molecule has 0 radical (unpaired) electrons. The van der Waals surface area contributed by atoms with E-state index in [4.69, 9.17) is 16.1 Å². The minimum atomic E-state index is 0.740. The van der Waals surface area contributed by atoms with Crippen LogP contribution < -0.4 is 5.32 Å². The molecule has 1 aromatic heterocycles. The Morgan fingerprint density at radius 2 is 2.00 bits per heavy atom. The summed E-state index contributed by atoms with van der Waals surface area (Å²) in [6.45, 7) is 5.93. The predicted octanol–water partition coefficient (Wildman–Crippen LogP) is 4.12. The number of aryl methyl sites for hydroxylation is 1. The van der Waals surface area contributed by atoms with E-state index in [1.54, 1.807) is 0 Å². The summed E-state index contributed by atoms with van der Waals surface area (Å²) in [6.07, 6.45) is 3.21. The first-order valence-electron chi connectivity index (χ1n) is 7.10. The maximum Gasteiger partial charge on any atom is 0.154 e. The molecule has 2 rings (SSSR count). The smallest absolute Gasteiger partial charge is 0.154 e. The molecule has 0 atom stereocenters. The van der Waals surface area contributed by atoms with E-state index < -0.39 is 0 Å². The maximum absolute atomic E-state index is 5.91. The molecule has 20 heavy (non-hydrogen) atoms. The molecule has 0 saturated heterocycles. The van der Waals surface area contributed by atoms with E-state index in [-0.39, 0.29) is 0 Å². The molecule has 0 aliphatic heterocycles. The van der Waals surface area contributed by atoms with Crippen LogP contribution in [0.15, 0.2) is 28.8 Å². The molecule has 1 aromatic carbocycles. The van der Waals surface area contributed by atoms with E-state index in [0.717, 1.165) is 36.0 Å². The number of halogens is 1. The number of nitrogens with zero attached hydrogens (tertiary/aromatic N) is 1. The summed E-state index contributed by atoms with van der Waals surface area (Å²) in [6, 6.07) is 7.92. The van der Waals surface area contributed by atoms with Crippen LogP contribution in [0, 0.1) is 6.92 Å². The number of benzene rings is 1. The molecular formula is C16H21ClN2O. The summed E-state index contributed by atoms with van der Waals surface area (Å²) in [5.74, 6) is 0.938. The molecule has 3 nitrogen and oxygen atoms in total. The highest BCUT2D eigenvalue weighted by atomic mass is 35.5. The first-order valence-corrected chi connectivity index (χ1v) is 7.47. The first-order chi connectivity index (χ1) is 9.70. The minimum Gasteiger partial charge on any atom is -0.359 e. The Kier molecular flexibility index (Phi) is 5.62. The highest BCUT2D eigenvalue weighted by Crippen LogP contribution is 2.19. The molecule has 4 heteroatoms. The second-order valence-corrected chi connectivity index (χ2v) is 5.44. The van der Waals surface area contributed by atoms with Crippen molar-refractivity contribution in [3.8, 4) is 0 Å². The van der Waals surface area contributed by atoms with E-state index in [9.17, 15) is 0 Å². The van der Waals surface area contributed by atoms with Crippen LogP contribution in [0.4, 0.5) is 0 Å². The van der Waals surface area contributed by atoms with Gasteiger partial charge in [0.1, 0.15) is 0 Å². The zero-order chi connectivity index (χ0) is 14.4. The fraction of sp³-hybridized carbons (Fsp3) is 0.438. The minimum absolute atomic E-state index is 0.740. The average Bonchev–Trinajstić information content (AvgIpc) is 2.79. The van der Waals surface area contributed by atoms with Gasteiger partial charge in [0.05, 0.1) is 12.2 Å². The van der Waals surface area contributed by atoms with Crippen LogP contribution in [0.1, 0.15) is 42.3 Å². The van der Waals surface area contributed by atoms with Gasteiger partial charge in [-0.15, -0.1) is 0 Å². The summed E-state index contributed by atoms with van der Waals surface area (Å²) >= 11 is 5.91. The summed E-state index contributed by atoms with van der Waals surface area (Å²) < 4.78 is 5.43.